The number of benzene rings is 2. The van der Waals surface area contributed by atoms with Gasteiger partial charge in [-0.15, -0.1) is 0 Å². The van der Waals surface area contributed by atoms with Crippen LogP contribution in [0.3, 0.4) is 0 Å². The van der Waals surface area contributed by atoms with E-state index in [1.54, 1.807) is 7.11 Å². The van der Waals surface area contributed by atoms with Crippen LogP contribution in [0.2, 0.25) is 0 Å². The summed E-state index contributed by atoms with van der Waals surface area (Å²) in [4.78, 5) is 2.32. The maximum Gasteiger partial charge on any atom is 0.174 e. The zero-order valence-corrected chi connectivity index (χ0v) is 18.7. The first-order chi connectivity index (χ1) is 14.7. The van der Waals surface area contributed by atoms with Crippen LogP contribution in [-0.2, 0) is 19.4 Å². The number of nitrogens with zero attached hydrogens (tertiary/aromatic N) is 2. The molecule has 1 aliphatic rings. The lowest BCUT2D eigenvalue weighted by Gasteiger charge is -2.39. The van der Waals surface area contributed by atoms with E-state index in [1.165, 1.54) is 28.1 Å². The number of anilines is 1. The lowest BCUT2D eigenvalue weighted by atomic mass is 10.00. The molecule has 5 heteroatoms. The van der Waals surface area contributed by atoms with Crippen molar-refractivity contribution in [3.8, 4) is 5.75 Å². The van der Waals surface area contributed by atoms with Crippen molar-refractivity contribution in [3.63, 3.8) is 0 Å². The van der Waals surface area contributed by atoms with Gasteiger partial charge in [0.15, 0.2) is 5.11 Å². The standard InChI is InChI=1S/C25H29N3OS/c1-4-18-8-6-9-19(5-2)23(18)26-25(30)28-17-16-27-15-7-10-22(27)24(28)20-11-13-21(29-3)14-12-20/h6-15,24H,4-5,16-17H2,1-3H3,(H,26,30). The van der Waals surface area contributed by atoms with Crippen LogP contribution in [0.1, 0.15) is 42.3 Å². The van der Waals surface area contributed by atoms with Gasteiger partial charge in [-0.1, -0.05) is 44.2 Å². The Balaban J connectivity index is 1.69. The Morgan fingerprint density at radius 3 is 2.33 bits per heavy atom. The van der Waals surface area contributed by atoms with Crippen LogP contribution in [0.15, 0.2) is 60.8 Å². The Labute approximate surface area is 184 Å². The Hall–Kier alpha value is -2.79. The highest BCUT2D eigenvalue weighted by molar-refractivity contribution is 7.80. The second kappa shape index (κ2) is 8.92. The molecule has 0 bridgehead atoms. The van der Waals surface area contributed by atoms with Crippen LogP contribution in [-0.4, -0.2) is 28.2 Å². The lowest BCUT2D eigenvalue weighted by molar-refractivity contribution is 0.293. The SMILES string of the molecule is CCc1cccc(CC)c1NC(=S)N1CCn2cccc2C1c1ccc(OC)cc1. The van der Waals surface area contributed by atoms with Crippen molar-refractivity contribution >= 4 is 23.0 Å². The number of nitrogens with one attached hydrogen (secondary N) is 1. The van der Waals surface area contributed by atoms with Crippen LogP contribution >= 0.6 is 12.2 Å². The van der Waals surface area contributed by atoms with E-state index in [0.717, 1.165) is 36.8 Å². The fourth-order valence-electron chi connectivity index (χ4n) is 4.32. The number of aromatic nitrogens is 1. The van der Waals surface area contributed by atoms with Crippen molar-refractivity contribution in [1.82, 2.24) is 9.47 Å². The van der Waals surface area contributed by atoms with E-state index in [1.807, 2.05) is 12.1 Å². The topological polar surface area (TPSA) is 29.4 Å². The molecule has 1 N–H and O–H groups in total. The molecule has 4 nitrogen and oxygen atoms in total. The summed E-state index contributed by atoms with van der Waals surface area (Å²) >= 11 is 5.98. The van der Waals surface area contributed by atoms with Gasteiger partial charge >= 0.3 is 0 Å². The number of para-hydroxylation sites is 1. The van der Waals surface area contributed by atoms with Gasteiger partial charge in [0.2, 0.25) is 0 Å². The molecule has 0 aliphatic carbocycles. The second-order valence-corrected chi connectivity index (χ2v) is 7.97. The van der Waals surface area contributed by atoms with Gasteiger partial charge in [0.25, 0.3) is 0 Å². The van der Waals surface area contributed by atoms with Gasteiger partial charge in [0.05, 0.1) is 13.2 Å². The molecule has 0 saturated heterocycles. The summed E-state index contributed by atoms with van der Waals surface area (Å²) in [5.74, 6) is 0.863. The molecule has 0 spiro atoms. The maximum atomic E-state index is 5.98. The van der Waals surface area contributed by atoms with Crippen molar-refractivity contribution in [2.45, 2.75) is 39.3 Å². The number of fused-ring (bicyclic) bond motifs is 1. The van der Waals surface area contributed by atoms with E-state index >= 15 is 0 Å². The van der Waals surface area contributed by atoms with Crippen LogP contribution in [0.25, 0.3) is 0 Å². The molecule has 0 fully saturated rings. The molecule has 1 unspecified atom stereocenters. The molecule has 4 rings (SSSR count). The third-order valence-corrected chi connectivity index (χ3v) is 6.30. The van der Waals surface area contributed by atoms with Gasteiger partial charge in [0, 0.05) is 30.7 Å². The molecular weight excluding hydrogens is 390 g/mol. The van der Waals surface area contributed by atoms with Crippen molar-refractivity contribution in [2.24, 2.45) is 0 Å². The fraction of sp³-hybridized carbons (Fsp3) is 0.320. The van der Waals surface area contributed by atoms with Crippen molar-refractivity contribution in [3.05, 3.63) is 83.2 Å². The maximum absolute atomic E-state index is 5.98. The average Bonchev–Trinajstić information content (AvgIpc) is 3.27. The molecule has 1 atom stereocenters. The average molecular weight is 420 g/mol. The van der Waals surface area contributed by atoms with E-state index in [2.05, 4.69) is 77.3 Å². The highest BCUT2D eigenvalue weighted by atomic mass is 32.1. The number of ether oxygens (including phenoxy) is 1. The zero-order chi connectivity index (χ0) is 21.1. The van der Waals surface area contributed by atoms with Gasteiger partial charge in [-0.25, -0.2) is 0 Å². The molecule has 2 heterocycles. The largest absolute Gasteiger partial charge is 0.497 e. The quantitative estimate of drug-likeness (QED) is 0.559. The molecule has 30 heavy (non-hydrogen) atoms. The van der Waals surface area contributed by atoms with Gasteiger partial charge < -0.3 is 19.5 Å². The molecule has 2 aromatic carbocycles. The normalized spacial score (nSPS) is 15.6. The summed E-state index contributed by atoms with van der Waals surface area (Å²) in [6, 6.07) is 19.2. The summed E-state index contributed by atoms with van der Waals surface area (Å²) in [5.41, 5.74) is 6.24. The molecule has 0 amide bonds. The molecule has 156 valence electrons. The van der Waals surface area contributed by atoms with E-state index in [9.17, 15) is 0 Å². The van der Waals surface area contributed by atoms with Crippen LogP contribution < -0.4 is 10.1 Å². The molecule has 0 radical (unpaired) electrons. The number of methoxy groups -OCH3 is 1. The van der Waals surface area contributed by atoms with Gasteiger partial charge in [-0.2, -0.15) is 0 Å². The van der Waals surface area contributed by atoms with Gasteiger partial charge in [-0.3, -0.25) is 0 Å². The van der Waals surface area contributed by atoms with Crippen molar-refractivity contribution < 1.29 is 4.74 Å². The van der Waals surface area contributed by atoms with Crippen LogP contribution in [0.4, 0.5) is 5.69 Å². The molecule has 1 aromatic heterocycles. The number of hydrogen-bond acceptors (Lipinski definition) is 2. The summed E-state index contributed by atoms with van der Waals surface area (Å²) in [6.07, 6.45) is 4.11. The van der Waals surface area contributed by atoms with E-state index in [4.69, 9.17) is 17.0 Å². The molecule has 3 aromatic rings. The minimum Gasteiger partial charge on any atom is -0.497 e. The second-order valence-electron chi connectivity index (χ2n) is 7.58. The molecular formula is C25H29N3OS. The molecule has 1 aliphatic heterocycles. The smallest absolute Gasteiger partial charge is 0.174 e. The van der Waals surface area contributed by atoms with Crippen molar-refractivity contribution in [2.75, 3.05) is 19.0 Å². The Morgan fingerprint density at radius 1 is 1.00 bits per heavy atom. The summed E-state index contributed by atoms with van der Waals surface area (Å²) < 4.78 is 7.68. The van der Waals surface area contributed by atoms with Gasteiger partial charge in [-0.05, 0) is 66.0 Å². The highest BCUT2D eigenvalue weighted by Gasteiger charge is 2.31. The van der Waals surface area contributed by atoms with Gasteiger partial charge in [0.1, 0.15) is 5.75 Å². The zero-order valence-electron chi connectivity index (χ0n) is 17.9. The first-order valence-corrected chi connectivity index (χ1v) is 11.0. The van der Waals surface area contributed by atoms with Crippen LogP contribution in [0, 0.1) is 0 Å². The first-order valence-electron chi connectivity index (χ1n) is 10.6. The van der Waals surface area contributed by atoms with Crippen molar-refractivity contribution in [1.29, 1.82) is 0 Å². The number of hydrogen-bond donors (Lipinski definition) is 1. The molecule has 0 saturated carbocycles. The Kier molecular flexibility index (Phi) is 6.09. The third-order valence-electron chi connectivity index (χ3n) is 5.96. The van der Waals surface area contributed by atoms with E-state index < -0.39 is 0 Å². The fourth-order valence-corrected chi connectivity index (χ4v) is 4.62. The summed E-state index contributed by atoms with van der Waals surface area (Å²) in [5, 5.41) is 4.40. The monoisotopic (exact) mass is 419 g/mol. The lowest BCUT2D eigenvalue weighted by Crippen LogP contribution is -2.44. The number of rotatable bonds is 5. The summed E-state index contributed by atoms with van der Waals surface area (Å²) in [7, 11) is 1.70. The number of aryl methyl sites for hydroxylation is 2. The Morgan fingerprint density at radius 2 is 1.70 bits per heavy atom. The minimum absolute atomic E-state index is 0.0681. The Bertz CT molecular complexity index is 1000. The highest BCUT2D eigenvalue weighted by Crippen LogP contribution is 2.34. The van der Waals surface area contributed by atoms with E-state index in [0.29, 0.717) is 0 Å². The predicted molar refractivity (Wildman–Crippen MR) is 127 cm³/mol. The third kappa shape index (κ3) is 3.82. The number of thiocarbonyl (C=S) groups is 1. The minimum atomic E-state index is 0.0681. The summed E-state index contributed by atoms with van der Waals surface area (Å²) in [6.45, 7) is 6.17. The first kappa shape index (κ1) is 20.5. The van der Waals surface area contributed by atoms with E-state index in [-0.39, 0.29) is 6.04 Å². The van der Waals surface area contributed by atoms with Crippen LogP contribution in [0.5, 0.6) is 5.75 Å². The predicted octanol–water partition coefficient (Wildman–Crippen LogP) is 5.42.